The van der Waals surface area contributed by atoms with Crippen LogP contribution in [0.1, 0.15) is 19.3 Å². The molecule has 4 nitrogen and oxygen atoms in total. The number of piperidine rings is 1. The molecule has 6 heteroatoms. The lowest BCUT2D eigenvalue weighted by Crippen LogP contribution is -2.54. The molecule has 2 aliphatic rings. The van der Waals surface area contributed by atoms with E-state index in [0.29, 0.717) is 36.6 Å². The summed E-state index contributed by atoms with van der Waals surface area (Å²) in [4.78, 5) is 12.4. The molecule has 2 fully saturated rings. The minimum atomic E-state index is -1.05. The maximum atomic E-state index is 13.8. The van der Waals surface area contributed by atoms with E-state index in [4.69, 9.17) is 16.3 Å². The second-order valence-electron chi connectivity index (χ2n) is 5.64. The molecule has 0 radical (unpaired) electrons. The third kappa shape index (κ3) is 3.30. The molecule has 0 unspecified atom stereocenters. The van der Waals surface area contributed by atoms with Crippen LogP contribution in [-0.4, -0.2) is 36.8 Å². The minimum Gasteiger partial charge on any atom is -0.477 e. The van der Waals surface area contributed by atoms with E-state index in [1.807, 2.05) is 0 Å². The molecule has 1 aliphatic carbocycles. The van der Waals surface area contributed by atoms with Crippen molar-refractivity contribution in [2.45, 2.75) is 37.1 Å². The van der Waals surface area contributed by atoms with Gasteiger partial charge in [-0.05, 0) is 31.2 Å². The molecule has 21 heavy (non-hydrogen) atoms. The number of ether oxygens (including phenoxy) is 1. The predicted octanol–water partition coefficient (Wildman–Crippen LogP) is 2.07. The molecule has 1 aromatic carbocycles. The molecule has 0 bridgehead atoms. The van der Waals surface area contributed by atoms with Gasteiger partial charge in [-0.15, -0.1) is 0 Å². The van der Waals surface area contributed by atoms with Crippen LogP contribution in [0.25, 0.3) is 0 Å². The van der Waals surface area contributed by atoms with Gasteiger partial charge < -0.3 is 15.4 Å². The summed E-state index contributed by atoms with van der Waals surface area (Å²) in [5, 5.41) is 6.32. The largest absolute Gasteiger partial charge is 0.477 e. The SMILES string of the molecule is O=C(N[C@H]1CCNC[C@@H]1F)C1(Oc2cccc(Cl)c2)CC1. The summed E-state index contributed by atoms with van der Waals surface area (Å²) in [6.45, 7) is 1.00. The molecule has 1 aromatic rings. The number of halogens is 2. The Morgan fingerprint density at radius 3 is 2.95 bits per heavy atom. The van der Waals surface area contributed by atoms with Crippen LogP contribution < -0.4 is 15.4 Å². The normalized spacial score (nSPS) is 27.0. The zero-order valence-electron chi connectivity index (χ0n) is 11.6. The fourth-order valence-electron chi connectivity index (χ4n) is 2.53. The van der Waals surface area contributed by atoms with Gasteiger partial charge in [0.25, 0.3) is 5.91 Å². The number of carbonyl (C=O) groups excluding carboxylic acids is 1. The number of rotatable bonds is 4. The van der Waals surface area contributed by atoms with Crippen LogP contribution in [0.15, 0.2) is 24.3 Å². The maximum absolute atomic E-state index is 13.8. The summed E-state index contributed by atoms with van der Waals surface area (Å²) < 4.78 is 19.6. The molecule has 1 heterocycles. The summed E-state index contributed by atoms with van der Waals surface area (Å²) >= 11 is 5.91. The first kappa shape index (κ1) is 14.6. The smallest absolute Gasteiger partial charge is 0.264 e. The Morgan fingerprint density at radius 1 is 1.48 bits per heavy atom. The molecule has 1 aliphatic heterocycles. The maximum Gasteiger partial charge on any atom is 0.264 e. The highest BCUT2D eigenvalue weighted by atomic mass is 35.5. The molecule has 3 rings (SSSR count). The van der Waals surface area contributed by atoms with Gasteiger partial charge in [0.15, 0.2) is 5.60 Å². The Bertz CT molecular complexity index is 536. The lowest BCUT2D eigenvalue weighted by atomic mass is 10.0. The summed E-state index contributed by atoms with van der Waals surface area (Å²) in [5.74, 6) is 0.342. The third-order valence-electron chi connectivity index (χ3n) is 3.95. The Labute approximate surface area is 128 Å². The van der Waals surface area contributed by atoms with Crippen molar-refractivity contribution in [3.63, 3.8) is 0 Å². The standard InChI is InChI=1S/C15H18ClFN2O2/c16-10-2-1-3-11(8-10)21-15(5-6-15)14(20)19-13-4-7-18-9-12(13)17/h1-3,8,12-13,18H,4-7,9H2,(H,19,20)/t12-,13-/m0/s1. The molecule has 0 aromatic heterocycles. The van der Waals surface area contributed by atoms with Crippen LogP contribution >= 0.6 is 11.6 Å². The van der Waals surface area contributed by atoms with Crippen LogP contribution in [0.2, 0.25) is 5.02 Å². The molecule has 2 atom stereocenters. The average Bonchev–Trinajstić information content (AvgIpc) is 3.22. The zero-order valence-corrected chi connectivity index (χ0v) is 12.3. The number of benzene rings is 1. The van der Waals surface area contributed by atoms with Gasteiger partial charge in [-0.25, -0.2) is 4.39 Å². The van der Waals surface area contributed by atoms with Gasteiger partial charge in [0.2, 0.25) is 0 Å². The van der Waals surface area contributed by atoms with Gasteiger partial charge in [-0.3, -0.25) is 4.79 Å². The first-order valence-electron chi connectivity index (χ1n) is 7.19. The van der Waals surface area contributed by atoms with E-state index in [1.165, 1.54) is 0 Å². The molecule has 1 saturated heterocycles. The van der Waals surface area contributed by atoms with Crippen molar-refractivity contribution in [2.24, 2.45) is 0 Å². The van der Waals surface area contributed by atoms with Crippen LogP contribution in [-0.2, 0) is 4.79 Å². The van der Waals surface area contributed by atoms with Gasteiger partial charge in [-0.2, -0.15) is 0 Å². The van der Waals surface area contributed by atoms with Crippen molar-refractivity contribution in [1.29, 1.82) is 0 Å². The van der Waals surface area contributed by atoms with E-state index in [2.05, 4.69) is 10.6 Å². The van der Waals surface area contributed by atoms with E-state index < -0.39 is 17.8 Å². The number of hydrogen-bond acceptors (Lipinski definition) is 3. The highest BCUT2D eigenvalue weighted by molar-refractivity contribution is 6.30. The molecule has 0 spiro atoms. The minimum absolute atomic E-state index is 0.225. The van der Waals surface area contributed by atoms with Crippen LogP contribution in [0, 0.1) is 0 Å². The average molecular weight is 313 g/mol. The number of carbonyl (C=O) groups is 1. The van der Waals surface area contributed by atoms with Crippen molar-refractivity contribution in [3.05, 3.63) is 29.3 Å². The molecule has 1 saturated carbocycles. The van der Waals surface area contributed by atoms with Crippen molar-refractivity contribution in [3.8, 4) is 5.75 Å². The van der Waals surface area contributed by atoms with Crippen LogP contribution in [0.3, 0.4) is 0 Å². The molecular weight excluding hydrogens is 295 g/mol. The fraction of sp³-hybridized carbons (Fsp3) is 0.533. The topological polar surface area (TPSA) is 50.4 Å². The summed E-state index contributed by atoms with van der Waals surface area (Å²) in [6.07, 6.45) is 0.838. The monoisotopic (exact) mass is 312 g/mol. The van der Waals surface area contributed by atoms with Gasteiger partial charge in [0, 0.05) is 24.4 Å². The van der Waals surface area contributed by atoms with Gasteiger partial charge >= 0.3 is 0 Å². The summed E-state index contributed by atoms with van der Waals surface area (Å²) in [5.41, 5.74) is -0.852. The van der Waals surface area contributed by atoms with Crippen LogP contribution in [0.4, 0.5) is 4.39 Å². The van der Waals surface area contributed by atoms with E-state index in [1.54, 1.807) is 24.3 Å². The first-order chi connectivity index (χ1) is 10.1. The van der Waals surface area contributed by atoms with Gasteiger partial charge in [0.05, 0.1) is 6.04 Å². The number of alkyl halides is 1. The Balaban J connectivity index is 1.63. The fourth-order valence-corrected chi connectivity index (χ4v) is 2.71. The molecule has 2 N–H and O–H groups in total. The van der Waals surface area contributed by atoms with Crippen LogP contribution in [0.5, 0.6) is 5.75 Å². The zero-order chi connectivity index (χ0) is 14.9. The Morgan fingerprint density at radius 2 is 2.29 bits per heavy atom. The van der Waals surface area contributed by atoms with Gasteiger partial charge in [0.1, 0.15) is 11.9 Å². The van der Waals surface area contributed by atoms with E-state index in [-0.39, 0.29) is 12.5 Å². The Hall–Kier alpha value is -1.33. The highest BCUT2D eigenvalue weighted by Gasteiger charge is 2.53. The second kappa shape index (κ2) is 5.81. The summed E-state index contributed by atoms with van der Waals surface area (Å²) in [7, 11) is 0. The number of hydrogen-bond donors (Lipinski definition) is 2. The van der Waals surface area contributed by atoms with Gasteiger partial charge in [-0.1, -0.05) is 17.7 Å². The lowest BCUT2D eigenvalue weighted by Gasteiger charge is -2.29. The third-order valence-corrected chi connectivity index (χ3v) is 4.19. The van der Waals surface area contributed by atoms with Crippen molar-refractivity contribution < 1.29 is 13.9 Å². The van der Waals surface area contributed by atoms with E-state index in [0.717, 1.165) is 0 Å². The number of amides is 1. The molecule has 1 amide bonds. The quantitative estimate of drug-likeness (QED) is 0.895. The second-order valence-corrected chi connectivity index (χ2v) is 6.08. The summed E-state index contributed by atoms with van der Waals surface area (Å²) in [6, 6.07) is 6.53. The Kier molecular flexibility index (Phi) is 4.04. The molecule has 114 valence electrons. The predicted molar refractivity (Wildman–Crippen MR) is 78.4 cm³/mol. The van der Waals surface area contributed by atoms with E-state index in [9.17, 15) is 9.18 Å². The molecular formula is C15H18ClFN2O2. The van der Waals surface area contributed by atoms with Crippen molar-refractivity contribution in [1.82, 2.24) is 10.6 Å². The lowest BCUT2D eigenvalue weighted by molar-refractivity contribution is -0.131. The highest BCUT2D eigenvalue weighted by Crippen LogP contribution is 2.41. The van der Waals surface area contributed by atoms with E-state index >= 15 is 0 Å². The van der Waals surface area contributed by atoms with Crippen molar-refractivity contribution >= 4 is 17.5 Å². The number of nitrogens with one attached hydrogen (secondary N) is 2. The van der Waals surface area contributed by atoms with Crippen molar-refractivity contribution in [2.75, 3.05) is 13.1 Å². The first-order valence-corrected chi connectivity index (χ1v) is 7.57.